The van der Waals surface area contributed by atoms with Crippen LogP contribution in [0.3, 0.4) is 0 Å². The van der Waals surface area contributed by atoms with Crippen molar-refractivity contribution in [3.8, 4) is 0 Å². The Labute approximate surface area is 194 Å². The van der Waals surface area contributed by atoms with Crippen LogP contribution in [0.1, 0.15) is 43.0 Å². The second-order valence-corrected chi connectivity index (χ2v) is 9.99. The molecule has 1 aliphatic heterocycles. The van der Waals surface area contributed by atoms with E-state index >= 15 is 0 Å². The van der Waals surface area contributed by atoms with Crippen molar-refractivity contribution in [3.05, 3.63) is 77.8 Å². The molecule has 0 saturated carbocycles. The Morgan fingerprint density at radius 1 is 1.22 bits per heavy atom. The number of hydrogen-bond donors (Lipinski definition) is 0. The van der Waals surface area contributed by atoms with E-state index in [1.54, 1.807) is 22.7 Å². The predicted molar refractivity (Wildman–Crippen MR) is 126 cm³/mol. The van der Waals surface area contributed by atoms with E-state index in [4.69, 9.17) is 4.52 Å². The molecule has 32 heavy (non-hydrogen) atoms. The van der Waals surface area contributed by atoms with Gasteiger partial charge in [0.2, 0.25) is 5.91 Å². The number of benzene rings is 1. The van der Waals surface area contributed by atoms with Crippen molar-refractivity contribution < 1.29 is 9.32 Å². The summed E-state index contributed by atoms with van der Waals surface area (Å²) in [5.74, 6) is 0.630. The van der Waals surface area contributed by atoms with Gasteiger partial charge >= 0.3 is 0 Å². The van der Waals surface area contributed by atoms with Gasteiger partial charge in [0, 0.05) is 37.7 Å². The van der Waals surface area contributed by atoms with Gasteiger partial charge in [0.05, 0.1) is 17.6 Å². The van der Waals surface area contributed by atoms with Gasteiger partial charge in [0.25, 0.3) is 0 Å². The third-order valence-corrected chi connectivity index (χ3v) is 7.03. The molecule has 2 atom stereocenters. The zero-order chi connectivity index (χ0) is 22.5. The maximum Gasteiger partial charge on any atom is 0.240 e. The van der Waals surface area contributed by atoms with Gasteiger partial charge in [-0.15, -0.1) is 11.8 Å². The highest BCUT2D eigenvalue weighted by Gasteiger charge is 2.38. The number of amides is 1. The molecule has 1 aliphatic rings. The molecule has 0 unspecified atom stereocenters. The van der Waals surface area contributed by atoms with E-state index in [1.807, 2.05) is 31.4 Å². The third-order valence-electron chi connectivity index (χ3n) is 5.87. The highest BCUT2D eigenvalue weighted by molar-refractivity contribution is 7.99. The Kier molecular flexibility index (Phi) is 7.27. The molecule has 0 bridgehead atoms. The summed E-state index contributed by atoms with van der Waals surface area (Å²) >= 11 is 1.76. The van der Waals surface area contributed by atoms with Crippen molar-refractivity contribution in [3.63, 3.8) is 0 Å². The molecule has 0 aliphatic carbocycles. The van der Waals surface area contributed by atoms with Crippen molar-refractivity contribution in [1.29, 1.82) is 0 Å². The fourth-order valence-corrected chi connectivity index (χ4v) is 5.27. The third kappa shape index (κ3) is 5.58. The van der Waals surface area contributed by atoms with Crippen LogP contribution in [-0.4, -0.2) is 50.7 Å². The Balaban J connectivity index is 1.49. The first kappa shape index (κ1) is 22.6. The first-order chi connectivity index (χ1) is 15.5. The van der Waals surface area contributed by atoms with Crippen LogP contribution in [0.5, 0.6) is 0 Å². The standard InChI is InChI=1S/C25H30N4O2S/c1-18(2)20-9-7-19(8-10-20)15-29-17-22(32-24-6-4-5-12-26-24)14-23(29)25(30)28(3)16-21-11-13-31-27-21/h4-13,18,22-23H,14-17H2,1-3H3/t22-,23+/m1/s1. The summed E-state index contributed by atoms with van der Waals surface area (Å²) in [5.41, 5.74) is 3.32. The number of nitrogens with zero attached hydrogens (tertiary/aromatic N) is 4. The molecule has 1 saturated heterocycles. The largest absolute Gasteiger partial charge is 0.364 e. The fraction of sp³-hybridized carbons (Fsp3) is 0.400. The maximum atomic E-state index is 13.4. The molecule has 168 valence electrons. The van der Waals surface area contributed by atoms with Gasteiger partial charge in [-0.3, -0.25) is 9.69 Å². The summed E-state index contributed by atoms with van der Waals surface area (Å²) in [5, 5.41) is 5.27. The Morgan fingerprint density at radius 2 is 2.03 bits per heavy atom. The van der Waals surface area contributed by atoms with E-state index < -0.39 is 0 Å². The lowest BCUT2D eigenvalue weighted by Crippen LogP contribution is -2.43. The Hall–Kier alpha value is -2.64. The van der Waals surface area contributed by atoms with Crippen LogP contribution in [0.2, 0.25) is 0 Å². The number of pyridine rings is 1. The SMILES string of the molecule is CC(C)c1ccc(CN2C[C@H](Sc3ccccn3)C[C@H]2C(=O)N(C)Cc2ccon2)cc1. The number of carbonyl (C=O) groups excluding carboxylic acids is 1. The van der Waals surface area contributed by atoms with Crippen LogP contribution < -0.4 is 0 Å². The molecule has 1 fully saturated rings. The number of likely N-dealkylation sites (tertiary alicyclic amines) is 1. The molecular formula is C25H30N4O2S. The van der Waals surface area contributed by atoms with Crippen molar-refractivity contribution in [2.24, 2.45) is 0 Å². The predicted octanol–water partition coefficient (Wildman–Crippen LogP) is 4.59. The lowest BCUT2D eigenvalue weighted by molar-refractivity contribution is -0.135. The first-order valence-corrected chi connectivity index (χ1v) is 11.9. The highest BCUT2D eigenvalue weighted by atomic mass is 32.2. The number of aromatic nitrogens is 2. The number of carbonyl (C=O) groups is 1. The fourth-order valence-electron chi connectivity index (χ4n) is 4.10. The summed E-state index contributed by atoms with van der Waals surface area (Å²) < 4.78 is 4.92. The number of hydrogen-bond acceptors (Lipinski definition) is 6. The topological polar surface area (TPSA) is 62.5 Å². The first-order valence-electron chi connectivity index (χ1n) is 11.0. The van der Waals surface area contributed by atoms with Crippen molar-refractivity contribution in [1.82, 2.24) is 19.9 Å². The zero-order valence-corrected chi connectivity index (χ0v) is 19.7. The van der Waals surface area contributed by atoms with Gasteiger partial charge in [-0.2, -0.15) is 0 Å². The summed E-state index contributed by atoms with van der Waals surface area (Å²) in [6.07, 6.45) is 4.16. The van der Waals surface area contributed by atoms with E-state index in [-0.39, 0.29) is 11.9 Å². The molecule has 3 aromatic rings. The average molecular weight is 451 g/mol. The summed E-state index contributed by atoms with van der Waals surface area (Å²) in [6, 6.07) is 16.4. The van der Waals surface area contributed by atoms with Gasteiger partial charge < -0.3 is 9.42 Å². The monoisotopic (exact) mass is 450 g/mol. The van der Waals surface area contributed by atoms with Crippen molar-refractivity contribution in [2.75, 3.05) is 13.6 Å². The van der Waals surface area contributed by atoms with Gasteiger partial charge in [-0.05, 0) is 35.6 Å². The molecule has 0 N–H and O–H groups in total. The molecule has 1 aromatic carbocycles. The van der Waals surface area contributed by atoms with Gasteiger partial charge in [-0.25, -0.2) is 4.98 Å². The van der Waals surface area contributed by atoms with Crippen LogP contribution in [-0.2, 0) is 17.9 Å². The molecule has 0 radical (unpaired) electrons. The van der Waals surface area contributed by atoms with E-state index in [0.717, 1.165) is 30.2 Å². The van der Waals surface area contributed by atoms with E-state index in [2.05, 4.69) is 53.2 Å². The molecular weight excluding hydrogens is 420 g/mol. The maximum absolute atomic E-state index is 13.4. The van der Waals surface area contributed by atoms with Gasteiger partial charge in [0.15, 0.2) is 0 Å². The van der Waals surface area contributed by atoms with Crippen molar-refractivity contribution >= 4 is 17.7 Å². The lowest BCUT2D eigenvalue weighted by atomic mass is 10.0. The van der Waals surface area contributed by atoms with Crippen LogP contribution in [0, 0.1) is 0 Å². The molecule has 1 amide bonds. The molecule has 6 nitrogen and oxygen atoms in total. The van der Waals surface area contributed by atoms with E-state index in [0.29, 0.717) is 17.7 Å². The Bertz CT molecular complexity index is 993. The molecule has 2 aromatic heterocycles. The quantitative estimate of drug-likeness (QED) is 0.500. The van der Waals surface area contributed by atoms with E-state index in [9.17, 15) is 4.79 Å². The molecule has 3 heterocycles. The minimum Gasteiger partial charge on any atom is -0.364 e. The van der Waals surface area contributed by atoms with Crippen LogP contribution in [0.25, 0.3) is 0 Å². The number of likely N-dealkylation sites (N-methyl/N-ethyl adjacent to an activating group) is 1. The van der Waals surface area contributed by atoms with Crippen LogP contribution >= 0.6 is 11.8 Å². The Morgan fingerprint density at radius 3 is 2.69 bits per heavy atom. The molecule has 0 spiro atoms. The summed E-state index contributed by atoms with van der Waals surface area (Å²) in [4.78, 5) is 21.9. The second kappa shape index (κ2) is 10.3. The number of rotatable bonds is 8. The average Bonchev–Trinajstić information content (AvgIpc) is 3.44. The molecule has 7 heteroatoms. The van der Waals surface area contributed by atoms with Gasteiger partial charge in [0.1, 0.15) is 12.0 Å². The lowest BCUT2D eigenvalue weighted by Gasteiger charge is -2.27. The smallest absolute Gasteiger partial charge is 0.240 e. The summed E-state index contributed by atoms with van der Waals surface area (Å²) in [7, 11) is 1.84. The zero-order valence-electron chi connectivity index (χ0n) is 18.8. The highest BCUT2D eigenvalue weighted by Crippen LogP contribution is 2.33. The minimum absolute atomic E-state index is 0.121. The van der Waals surface area contributed by atoms with Crippen molar-refractivity contribution in [2.45, 2.75) is 55.6 Å². The molecule has 4 rings (SSSR count). The second-order valence-electron chi connectivity index (χ2n) is 8.67. The van der Waals surface area contributed by atoms with Crippen LogP contribution in [0.4, 0.5) is 0 Å². The van der Waals surface area contributed by atoms with Gasteiger partial charge in [-0.1, -0.05) is 49.3 Å². The van der Waals surface area contributed by atoms with Crippen LogP contribution in [0.15, 0.2) is 70.5 Å². The van der Waals surface area contributed by atoms with E-state index in [1.165, 1.54) is 17.4 Å². The summed E-state index contributed by atoms with van der Waals surface area (Å²) in [6.45, 7) is 6.46. The normalized spacial score (nSPS) is 18.9. The minimum atomic E-state index is -0.169. The number of thioether (sulfide) groups is 1.